The van der Waals surface area contributed by atoms with Crippen molar-refractivity contribution in [2.75, 3.05) is 17.2 Å². The maximum atomic E-state index is 9.24. The molecule has 1 unspecified atom stereocenters. The van der Waals surface area contributed by atoms with E-state index in [2.05, 4.69) is 15.6 Å². The number of aliphatic hydroxyl groups is 1. The minimum atomic E-state index is -0.155. The highest BCUT2D eigenvalue weighted by molar-refractivity contribution is 6.09. The molecule has 4 N–H and O–H groups in total. The van der Waals surface area contributed by atoms with Gasteiger partial charge in [-0.1, -0.05) is 30.3 Å². The third-order valence-corrected chi connectivity index (χ3v) is 4.41. The Morgan fingerprint density at radius 3 is 2.79 bits per heavy atom. The summed E-state index contributed by atoms with van der Waals surface area (Å²) in [4.78, 5) is 4.24. The molecular formula is C20H22ClN5O2. The van der Waals surface area contributed by atoms with Crippen molar-refractivity contribution in [3.63, 3.8) is 0 Å². The Bertz CT molecular complexity index is 930. The summed E-state index contributed by atoms with van der Waals surface area (Å²) in [6.45, 7) is 2.47. The molecule has 1 atom stereocenters. The van der Waals surface area contributed by atoms with E-state index in [-0.39, 0.29) is 12.6 Å². The normalized spacial score (nSPS) is 11.7. The van der Waals surface area contributed by atoms with E-state index >= 15 is 0 Å². The second-order valence-electron chi connectivity index (χ2n) is 6.31. The Morgan fingerprint density at radius 2 is 2.11 bits per heavy atom. The summed E-state index contributed by atoms with van der Waals surface area (Å²) in [7, 11) is 0. The van der Waals surface area contributed by atoms with E-state index in [1.54, 1.807) is 10.6 Å². The second-order valence-corrected chi connectivity index (χ2v) is 6.46. The molecule has 0 saturated carbocycles. The molecule has 0 spiro atoms. The quantitative estimate of drug-likeness (QED) is 0.410. The lowest BCUT2D eigenvalue weighted by Crippen LogP contribution is -2.20. The molecule has 0 fully saturated rings. The van der Waals surface area contributed by atoms with E-state index in [0.29, 0.717) is 29.5 Å². The van der Waals surface area contributed by atoms with Crippen LogP contribution in [0.5, 0.6) is 5.75 Å². The zero-order chi connectivity index (χ0) is 19.9. The van der Waals surface area contributed by atoms with Crippen LogP contribution in [-0.4, -0.2) is 33.5 Å². The van der Waals surface area contributed by atoms with Crippen LogP contribution in [0.1, 0.15) is 18.2 Å². The van der Waals surface area contributed by atoms with Crippen LogP contribution >= 0.6 is 11.9 Å². The molecule has 28 heavy (non-hydrogen) atoms. The molecule has 8 heteroatoms. The molecule has 3 rings (SSSR count). The zero-order valence-electron chi connectivity index (χ0n) is 15.4. The highest BCUT2D eigenvalue weighted by atomic mass is 35.5. The van der Waals surface area contributed by atoms with Crippen molar-refractivity contribution in [1.29, 1.82) is 5.41 Å². The number of aromatic nitrogens is 2. The number of hydrogen-bond donors (Lipinski definition) is 4. The summed E-state index contributed by atoms with van der Waals surface area (Å²) in [6.07, 6.45) is 4.61. The van der Waals surface area contributed by atoms with Crippen molar-refractivity contribution in [1.82, 2.24) is 9.55 Å². The SMILES string of the molecule is CC(CO)Nc1cc(-n2ccc(NCc3ccccc3)c2C=N)c(OCl)cn1. The Kier molecular flexibility index (Phi) is 6.52. The number of nitrogens with one attached hydrogen (secondary N) is 3. The van der Waals surface area contributed by atoms with Gasteiger partial charge in [0.05, 0.1) is 29.9 Å². The molecule has 0 aliphatic rings. The van der Waals surface area contributed by atoms with Gasteiger partial charge in [0.2, 0.25) is 0 Å². The zero-order valence-corrected chi connectivity index (χ0v) is 16.1. The number of halogens is 1. The lowest BCUT2D eigenvalue weighted by atomic mass is 10.2. The third kappa shape index (κ3) is 4.44. The lowest BCUT2D eigenvalue weighted by molar-refractivity contribution is 0.281. The summed E-state index contributed by atoms with van der Waals surface area (Å²) in [6, 6.07) is 13.5. The smallest absolute Gasteiger partial charge is 0.188 e. The molecule has 3 aromatic rings. The van der Waals surface area contributed by atoms with Crippen molar-refractivity contribution in [2.24, 2.45) is 0 Å². The number of hydrogen-bond acceptors (Lipinski definition) is 6. The average Bonchev–Trinajstić information content (AvgIpc) is 3.15. The highest BCUT2D eigenvalue weighted by Gasteiger charge is 2.15. The van der Waals surface area contributed by atoms with Crippen molar-refractivity contribution in [2.45, 2.75) is 19.5 Å². The van der Waals surface area contributed by atoms with Crippen molar-refractivity contribution < 1.29 is 9.40 Å². The van der Waals surface area contributed by atoms with Crippen molar-refractivity contribution in [3.8, 4) is 11.4 Å². The maximum absolute atomic E-state index is 9.24. The van der Waals surface area contributed by atoms with Gasteiger partial charge in [-0.05, 0) is 18.6 Å². The van der Waals surface area contributed by atoms with Gasteiger partial charge in [0.15, 0.2) is 5.75 Å². The first-order valence-electron chi connectivity index (χ1n) is 8.82. The summed E-state index contributed by atoms with van der Waals surface area (Å²) < 4.78 is 6.74. The van der Waals surface area contributed by atoms with E-state index in [1.165, 1.54) is 12.4 Å². The Hall–Kier alpha value is -3.03. The van der Waals surface area contributed by atoms with Crippen LogP contribution in [0.15, 0.2) is 54.9 Å². The first-order chi connectivity index (χ1) is 13.7. The fourth-order valence-corrected chi connectivity index (χ4v) is 2.92. The molecule has 0 saturated heterocycles. The number of benzene rings is 1. The molecule has 2 heterocycles. The number of nitrogens with zero attached hydrogens (tertiary/aromatic N) is 2. The van der Waals surface area contributed by atoms with Gasteiger partial charge in [0.25, 0.3) is 0 Å². The Labute approximate surface area is 168 Å². The molecule has 0 aliphatic heterocycles. The van der Waals surface area contributed by atoms with Gasteiger partial charge >= 0.3 is 0 Å². The summed E-state index contributed by atoms with van der Waals surface area (Å²) in [5.41, 5.74) is 3.24. The molecule has 0 bridgehead atoms. The number of rotatable bonds is 9. The average molecular weight is 400 g/mol. The van der Waals surface area contributed by atoms with Crippen LogP contribution in [0.3, 0.4) is 0 Å². The monoisotopic (exact) mass is 399 g/mol. The van der Waals surface area contributed by atoms with Gasteiger partial charge in [-0.25, -0.2) is 4.98 Å². The molecule has 146 valence electrons. The summed E-state index contributed by atoms with van der Waals surface area (Å²) in [5.74, 6) is 0.926. The summed E-state index contributed by atoms with van der Waals surface area (Å²) >= 11 is 5.62. The topological polar surface area (TPSA) is 95.2 Å². The molecular weight excluding hydrogens is 378 g/mol. The minimum Gasteiger partial charge on any atom is -0.394 e. The van der Waals surface area contributed by atoms with Crippen LogP contribution in [0.2, 0.25) is 0 Å². The molecule has 0 aliphatic carbocycles. The van der Waals surface area contributed by atoms with Gasteiger partial charge in [-0.3, -0.25) is 0 Å². The van der Waals surface area contributed by atoms with E-state index in [0.717, 1.165) is 11.3 Å². The third-order valence-electron chi connectivity index (χ3n) is 4.25. The first-order valence-corrected chi connectivity index (χ1v) is 9.13. The van der Waals surface area contributed by atoms with Gasteiger partial charge < -0.3 is 30.0 Å². The van der Waals surface area contributed by atoms with Crippen LogP contribution in [0.4, 0.5) is 11.5 Å². The first kappa shape index (κ1) is 19.7. The molecule has 0 radical (unpaired) electrons. The van der Waals surface area contributed by atoms with Crippen molar-refractivity contribution in [3.05, 3.63) is 66.1 Å². The Balaban J connectivity index is 1.91. The molecule has 1 aromatic carbocycles. The van der Waals surface area contributed by atoms with Gasteiger partial charge in [0, 0.05) is 31.1 Å². The van der Waals surface area contributed by atoms with Gasteiger partial charge in [-0.15, -0.1) is 0 Å². The largest absolute Gasteiger partial charge is 0.394 e. The maximum Gasteiger partial charge on any atom is 0.188 e. The molecule has 7 nitrogen and oxygen atoms in total. The fraction of sp³-hybridized carbons (Fsp3) is 0.200. The minimum absolute atomic E-state index is 0.0202. The van der Waals surface area contributed by atoms with Crippen molar-refractivity contribution >= 4 is 29.6 Å². The number of pyridine rings is 1. The number of aliphatic hydroxyl groups excluding tert-OH is 1. The van der Waals surface area contributed by atoms with Crippen LogP contribution in [0.25, 0.3) is 5.69 Å². The van der Waals surface area contributed by atoms with E-state index in [4.69, 9.17) is 21.6 Å². The lowest BCUT2D eigenvalue weighted by Gasteiger charge is -2.15. The van der Waals surface area contributed by atoms with Crippen LogP contribution < -0.4 is 14.9 Å². The van der Waals surface area contributed by atoms with E-state index in [1.807, 2.05) is 49.5 Å². The predicted octanol–water partition coefficient (Wildman–Crippen LogP) is 3.81. The standard InChI is InChI=1S/C20H22ClN5O2/c1-14(13-27)25-20-9-17(19(28-21)12-24-20)26-8-7-16(18(26)10-22)23-11-15-5-3-2-4-6-15/h2-10,12,14,22-23,27H,11,13H2,1H3,(H,24,25). The highest BCUT2D eigenvalue weighted by Crippen LogP contribution is 2.30. The molecule has 2 aromatic heterocycles. The van der Waals surface area contributed by atoms with Crippen LogP contribution in [0, 0.1) is 5.41 Å². The molecule has 0 amide bonds. The fourth-order valence-electron chi connectivity index (χ4n) is 2.80. The predicted molar refractivity (Wildman–Crippen MR) is 112 cm³/mol. The second kappa shape index (κ2) is 9.25. The van der Waals surface area contributed by atoms with Crippen LogP contribution in [-0.2, 0) is 6.54 Å². The summed E-state index contributed by atoms with van der Waals surface area (Å²) in [5, 5.41) is 23.6. The Morgan fingerprint density at radius 1 is 1.32 bits per heavy atom. The van der Waals surface area contributed by atoms with Gasteiger partial charge in [0.1, 0.15) is 17.7 Å². The number of anilines is 2. The van der Waals surface area contributed by atoms with Gasteiger partial charge in [-0.2, -0.15) is 0 Å². The van der Waals surface area contributed by atoms with E-state index < -0.39 is 0 Å². The van der Waals surface area contributed by atoms with E-state index in [9.17, 15) is 5.11 Å².